The Hall–Kier alpha value is -2.87. The van der Waals surface area contributed by atoms with E-state index in [1.807, 2.05) is 24.0 Å². The molecule has 4 rings (SSSR count). The van der Waals surface area contributed by atoms with E-state index in [4.69, 9.17) is 4.74 Å². The van der Waals surface area contributed by atoms with E-state index in [1.54, 1.807) is 0 Å². The summed E-state index contributed by atoms with van der Waals surface area (Å²) in [5, 5.41) is 2.93. The number of H-pyrrole nitrogens is 1. The highest BCUT2D eigenvalue weighted by atomic mass is 16.5. The summed E-state index contributed by atoms with van der Waals surface area (Å²) in [5.74, 6) is 1.19. The molecule has 1 aromatic carbocycles. The molecule has 0 aliphatic carbocycles. The maximum absolute atomic E-state index is 12.6. The molecular formula is C23H31N5O3. The van der Waals surface area contributed by atoms with Gasteiger partial charge >= 0.3 is 0 Å². The zero-order valence-electron chi connectivity index (χ0n) is 18.3. The number of carbonyl (C=O) groups is 1. The first-order chi connectivity index (χ1) is 15.0. The van der Waals surface area contributed by atoms with E-state index in [9.17, 15) is 9.59 Å². The molecular weight excluding hydrogens is 394 g/mol. The molecule has 2 aliphatic heterocycles. The van der Waals surface area contributed by atoms with Crippen LogP contribution in [0.2, 0.25) is 0 Å². The van der Waals surface area contributed by atoms with Gasteiger partial charge in [-0.15, -0.1) is 0 Å². The van der Waals surface area contributed by atoms with Crippen molar-refractivity contribution < 1.29 is 9.53 Å². The number of anilines is 3. The summed E-state index contributed by atoms with van der Waals surface area (Å²) < 4.78 is 5.35. The predicted octanol–water partition coefficient (Wildman–Crippen LogP) is 2.33. The molecule has 1 atom stereocenters. The first-order valence-corrected chi connectivity index (χ1v) is 11.1. The van der Waals surface area contributed by atoms with Crippen LogP contribution in [0.15, 0.2) is 29.1 Å². The van der Waals surface area contributed by atoms with E-state index in [2.05, 4.69) is 39.2 Å². The molecule has 31 heavy (non-hydrogen) atoms. The number of aryl methyl sites for hydroxylation is 1. The van der Waals surface area contributed by atoms with Crippen molar-refractivity contribution in [1.82, 2.24) is 9.97 Å². The summed E-state index contributed by atoms with van der Waals surface area (Å²) in [7, 11) is 0. The van der Waals surface area contributed by atoms with Gasteiger partial charge in [0.25, 0.3) is 5.56 Å². The minimum absolute atomic E-state index is 0.112. The Bertz CT molecular complexity index is 966. The summed E-state index contributed by atoms with van der Waals surface area (Å²) >= 11 is 0. The number of nitrogens with zero attached hydrogens (tertiary/aromatic N) is 3. The van der Waals surface area contributed by atoms with Gasteiger partial charge in [-0.3, -0.25) is 14.6 Å². The average Bonchev–Trinajstić information content (AvgIpc) is 3.20. The second-order valence-corrected chi connectivity index (χ2v) is 8.49. The fraction of sp³-hybridized carbons (Fsp3) is 0.522. The largest absolute Gasteiger partial charge is 0.378 e. The molecule has 1 amide bonds. The molecule has 3 heterocycles. The molecule has 0 bridgehead atoms. The molecule has 0 spiro atoms. The second kappa shape index (κ2) is 9.51. The van der Waals surface area contributed by atoms with Gasteiger partial charge in [-0.25, -0.2) is 4.98 Å². The highest BCUT2D eigenvalue weighted by molar-refractivity contribution is 5.91. The molecule has 0 radical (unpaired) electrons. The van der Waals surface area contributed by atoms with Gasteiger partial charge in [-0.05, 0) is 49.9 Å². The van der Waals surface area contributed by atoms with Gasteiger partial charge in [0.05, 0.1) is 13.2 Å². The molecule has 166 valence electrons. The quantitative estimate of drug-likeness (QED) is 0.738. The van der Waals surface area contributed by atoms with E-state index in [0.29, 0.717) is 49.9 Å². The second-order valence-electron chi connectivity index (χ2n) is 8.49. The molecule has 1 aromatic heterocycles. The summed E-state index contributed by atoms with van der Waals surface area (Å²) in [6.07, 6.45) is 1.81. The Balaban J connectivity index is 1.32. The number of rotatable bonds is 6. The van der Waals surface area contributed by atoms with E-state index in [0.717, 1.165) is 24.7 Å². The van der Waals surface area contributed by atoms with Crippen molar-refractivity contribution in [3.8, 4) is 0 Å². The van der Waals surface area contributed by atoms with E-state index < -0.39 is 0 Å². The normalized spacial score (nSPS) is 19.0. The average molecular weight is 426 g/mol. The van der Waals surface area contributed by atoms with Crippen LogP contribution in [0.25, 0.3) is 0 Å². The Morgan fingerprint density at radius 3 is 2.58 bits per heavy atom. The van der Waals surface area contributed by atoms with Crippen molar-refractivity contribution in [2.24, 2.45) is 5.92 Å². The number of amides is 1. The van der Waals surface area contributed by atoms with Gasteiger partial charge in [0.15, 0.2) is 0 Å². The number of hydrogen-bond acceptors (Lipinski definition) is 6. The summed E-state index contributed by atoms with van der Waals surface area (Å²) in [6.45, 7) is 8.93. The van der Waals surface area contributed by atoms with Crippen LogP contribution in [-0.4, -0.2) is 55.3 Å². The topological polar surface area (TPSA) is 90.6 Å². The van der Waals surface area contributed by atoms with E-state index >= 15 is 0 Å². The van der Waals surface area contributed by atoms with Crippen molar-refractivity contribution in [2.45, 2.75) is 33.1 Å². The third-order valence-electron chi connectivity index (χ3n) is 6.06. The van der Waals surface area contributed by atoms with Gasteiger partial charge in [-0.2, -0.15) is 0 Å². The van der Waals surface area contributed by atoms with Gasteiger partial charge in [0, 0.05) is 55.2 Å². The minimum atomic E-state index is -0.175. The Morgan fingerprint density at radius 2 is 1.94 bits per heavy atom. The molecule has 2 fully saturated rings. The molecule has 1 unspecified atom stereocenters. The molecule has 8 nitrogen and oxygen atoms in total. The molecule has 8 heteroatoms. The van der Waals surface area contributed by atoms with Crippen molar-refractivity contribution >= 4 is 23.2 Å². The maximum atomic E-state index is 12.6. The number of aromatic amines is 1. The zero-order chi connectivity index (χ0) is 21.8. The zero-order valence-corrected chi connectivity index (χ0v) is 18.3. The van der Waals surface area contributed by atoms with Crippen LogP contribution in [0.4, 0.5) is 17.3 Å². The Kier molecular flexibility index (Phi) is 6.56. The molecule has 2 saturated heterocycles. The summed E-state index contributed by atoms with van der Waals surface area (Å²) in [6, 6.07) is 7.98. The number of carbonyl (C=O) groups excluding carboxylic acids is 1. The number of nitrogens with one attached hydrogen (secondary N) is 2. The van der Waals surface area contributed by atoms with Gasteiger partial charge in [0.2, 0.25) is 11.9 Å². The van der Waals surface area contributed by atoms with Crippen LogP contribution in [0, 0.1) is 12.8 Å². The fourth-order valence-corrected chi connectivity index (χ4v) is 4.20. The first kappa shape index (κ1) is 21.4. The lowest BCUT2D eigenvalue weighted by atomic mass is 10.1. The van der Waals surface area contributed by atoms with Crippen molar-refractivity contribution in [3.05, 3.63) is 45.9 Å². The van der Waals surface area contributed by atoms with Gasteiger partial charge in [0.1, 0.15) is 0 Å². The van der Waals surface area contributed by atoms with Crippen molar-refractivity contribution in [2.75, 3.05) is 54.5 Å². The third-order valence-corrected chi connectivity index (χ3v) is 6.06. The fourth-order valence-electron chi connectivity index (χ4n) is 4.20. The van der Waals surface area contributed by atoms with Crippen molar-refractivity contribution in [3.63, 3.8) is 0 Å². The summed E-state index contributed by atoms with van der Waals surface area (Å²) in [5.41, 5.74) is 3.02. The van der Waals surface area contributed by atoms with Crippen LogP contribution in [0.5, 0.6) is 0 Å². The molecule has 2 aromatic rings. The number of ether oxygens (including phenoxy) is 1. The maximum Gasteiger partial charge on any atom is 0.255 e. The number of aromatic nitrogens is 2. The lowest BCUT2D eigenvalue weighted by Gasteiger charge is -2.27. The predicted molar refractivity (Wildman–Crippen MR) is 122 cm³/mol. The first-order valence-electron chi connectivity index (χ1n) is 11.1. The Morgan fingerprint density at radius 1 is 1.19 bits per heavy atom. The van der Waals surface area contributed by atoms with Crippen LogP contribution >= 0.6 is 0 Å². The van der Waals surface area contributed by atoms with E-state index in [1.165, 1.54) is 12.1 Å². The third kappa shape index (κ3) is 5.25. The Labute approximate surface area is 182 Å². The number of benzene rings is 1. The monoisotopic (exact) mass is 425 g/mol. The highest BCUT2D eigenvalue weighted by Crippen LogP contribution is 2.24. The highest BCUT2D eigenvalue weighted by Gasteiger charge is 2.19. The van der Waals surface area contributed by atoms with Crippen LogP contribution in [0.3, 0.4) is 0 Å². The van der Waals surface area contributed by atoms with Crippen molar-refractivity contribution in [1.29, 1.82) is 0 Å². The van der Waals surface area contributed by atoms with Gasteiger partial charge in [-0.1, -0.05) is 6.92 Å². The number of morpholine rings is 1. The SMILES string of the molecule is Cc1nc(N2CCOCC2)[nH]c(=O)c1CCC(=O)Nc1ccc(N2CCC(C)C2)cc1. The minimum Gasteiger partial charge on any atom is -0.378 e. The smallest absolute Gasteiger partial charge is 0.255 e. The lowest BCUT2D eigenvalue weighted by Crippen LogP contribution is -2.38. The van der Waals surface area contributed by atoms with Crippen LogP contribution in [-0.2, 0) is 16.0 Å². The van der Waals surface area contributed by atoms with E-state index in [-0.39, 0.29) is 17.9 Å². The van der Waals surface area contributed by atoms with Crippen LogP contribution < -0.4 is 20.7 Å². The molecule has 2 aliphatic rings. The number of hydrogen-bond donors (Lipinski definition) is 2. The molecule has 2 N–H and O–H groups in total. The van der Waals surface area contributed by atoms with Gasteiger partial charge < -0.3 is 19.9 Å². The standard InChI is InChI=1S/C23H31N5O3/c1-16-9-10-28(15-16)19-5-3-18(4-6-19)25-21(29)8-7-20-17(2)24-23(26-22(20)30)27-11-13-31-14-12-27/h3-6,16H,7-15H2,1-2H3,(H,25,29)(H,24,26,30). The lowest BCUT2D eigenvalue weighted by molar-refractivity contribution is -0.116. The summed E-state index contributed by atoms with van der Waals surface area (Å²) in [4.78, 5) is 36.8. The molecule has 0 saturated carbocycles. The van der Waals surface area contributed by atoms with Crippen LogP contribution in [0.1, 0.15) is 31.0 Å².